The van der Waals surface area contributed by atoms with Crippen molar-refractivity contribution in [2.75, 3.05) is 18.0 Å². The summed E-state index contributed by atoms with van der Waals surface area (Å²) in [5.74, 6) is -0.300. The van der Waals surface area contributed by atoms with Crippen LogP contribution in [0.2, 0.25) is 0 Å². The van der Waals surface area contributed by atoms with Gasteiger partial charge in [0.2, 0.25) is 0 Å². The van der Waals surface area contributed by atoms with Gasteiger partial charge in [0, 0.05) is 18.7 Å². The Morgan fingerprint density at radius 1 is 1.53 bits per heavy atom. The summed E-state index contributed by atoms with van der Waals surface area (Å²) in [6.45, 7) is 10.6. The Morgan fingerprint density at radius 3 is 2.65 bits per heavy atom. The molecule has 0 aliphatic rings. The van der Waals surface area contributed by atoms with Crippen LogP contribution in [-0.4, -0.2) is 18.2 Å². The fourth-order valence-electron chi connectivity index (χ4n) is 1.88. The minimum absolute atomic E-state index is 0.300. The molecule has 0 bridgehead atoms. The number of hydrogen-bond donors (Lipinski definition) is 1. The first-order valence-corrected chi connectivity index (χ1v) is 5.83. The summed E-state index contributed by atoms with van der Waals surface area (Å²) < 4.78 is 13.9. The van der Waals surface area contributed by atoms with Crippen molar-refractivity contribution in [1.82, 2.24) is 0 Å². The van der Waals surface area contributed by atoms with Crippen molar-refractivity contribution in [3.05, 3.63) is 41.7 Å². The first-order valence-electron chi connectivity index (χ1n) is 5.83. The third-order valence-corrected chi connectivity index (χ3v) is 2.63. The van der Waals surface area contributed by atoms with Crippen LogP contribution in [0.1, 0.15) is 32.4 Å². The predicted molar refractivity (Wildman–Crippen MR) is 69.7 cm³/mol. The number of aliphatic hydroxyl groups excluding tert-OH is 1. The summed E-state index contributed by atoms with van der Waals surface area (Å²) in [4.78, 5) is 1.89. The van der Waals surface area contributed by atoms with Crippen molar-refractivity contribution in [3.8, 4) is 0 Å². The van der Waals surface area contributed by atoms with Gasteiger partial charge in [0.05, 0.1) is 11.8 Å². The maximum atomic E-state index is 13.9. The van der Waals surface area contributed by atoms with Crippen LogP contribution in [0.4, 0.5) is 10.1 Å². The van der Waals surface area contributed by atoms with Crippen LogP contribution in [0.3, 0.4) is 0 Å². The smallest absolute Gasteiger partial charge is 0.146 e. The van der Waals surface area contributed by atoms with Crippen molar-refractivity contribution in [3.63, 3.8) is 0 Å². The highest BCUT2D eigenvalue weighted by atomic mass is 19.1. The molecule has 0 fully saturated rings. The third-order valence-electron chi connectivity index (χ3n) is 2.63. The molecular formula is C14H20FNO. The van der Waals surface area contributed by atoms with Gasteiger partial charge in [0.1, 0.15) is 5.82 Å². The van der Waals surface area contributed by atoms with Crippen LogP contribution in [-0.2, 0) is 0 Å². The van der Waals surface area contributed by atoms with E-state index in [9.17, 15) is 9.50 Å². The monoisotopic (exact) mass is 237 g/mol. The molecular weight excluding hydrogens is 217 g/mol. The van der Waals surface area contributed by atoms with Crippen LogP contribution >= 0.6 is 0 Å². The molecule has 0 saturated carbocycles. The molecule has 1 rings (SSSR count). The molecule has 0 amide bonds. The van der Waals surface area contributed by atoms with Crippen LogP contribution < -0.4 is 4.90 Å². The molecule has 94 valence electrons. The van der Waals surface area contributed by atoms with Gasteiger partial charge in [-0.05, 0) is 26.8 Å². The van der Waals surface area contributed by atoms with Gasteiger partial charge in [-0.15, -0.1) is 0 Å². The summed E-state index contributed by atoms with van der Waals surface area (Å²) in [5.41, 5.74) is 2.06. The number of benzene rings is 1. The highest BCUT2D eigenvalue weighted by Crippen LogP contribution is 2.29. The zero-order valence-corrected chi connectivity index (χ0v) is 10.7. The second kappa shape index (κ2) is 5.82. The summed E-state index contributed by atoms with van der Waals surface area (Å²) >= 11 is 0. The maximum absolute atomic E-state index is 13.9. The van der Waals surface area contributed by atoms with Crippen molar-refractivity contribution in [2.24, 2.45) is 0 Å². The molecule has 0 aliphatic heterocycles. The quantitative estimate of drug-likeness (QED) is 0.794. The molecule has 1 N–H and O–H groups in total. The van der Waals surface area contributed by atoms with E-state index in [4.69, 9.17) is 0 Å². The zero-order valence-electron chi connectivity index (χ0n) is 10.7. The number of nitrogens with zero attached hydrogens (tertiary/aromatic N) is 1. The topological polar surface area (TPSA) is 23.5 Å². The normalized spacial score (nSPS) is 12.3. The van der Waals surface area contributed by atoms with Crippen molar-refractivity contribution in [1.29, 1.82) is 0 Å². The second-order valence-electron chi connectivity index (χ2n) is 4.32. The Balaban J connectivity index is 3.20. The lowest BCUT2D eigenvalue weighted by Crippen LogP contribution is -2.27. The fourth-order valence-corrected chi connectivity index (χ4v) is 1.88. The van der Waals surface area contributed by atoms with Gasteiger partial charge in [-0.3, -0.25) is 0 Å². The van der Waals surface area contributed by atoms with E-state index >= 15 is 0 Å². The Hall–Kier alpha value is -1.35. The largest absolute Gasteiger partial charge is 0.389 e. The average molecular weight is 237 g/mol. The third kappa shape index (κ3) is 3.30. The molecule has 0 spiro atoms. The van der Waals surface area contributed by atoms with Crippen LogP contribution in [0, 0.1) is 5.82 Å². The number of hydrogen-bond acceptors (Lipinski definition) is 2. The van der Waals surface area contributed by atoms with Gasteiger partial charge in [-0.1, -0.05) is 24.3 Å². The number of anilines is 1. The van der Waals surface area contributed by atoms with Crippen LogP contribution in [0.15, 0.2) is 30.4 Å². The maximum Gasteiger partial charge on any atom is 0.146 e. The molecule has 3 heteroatoms. The molecule has 0 radical (unpaired) electrons. The molecule has 1 atom stereocenters. The van der Waals surface area contributed by atoms with Gasteiger partial charge in [-0.2, -0.15) is 0 Å². The lowest BCUT2D eigenvalue weighted by Gasteiger charge is -2.27. The zero-order chi connectivity index (χ0) is 13.0. The van der Waals surface area contributed by atoms with E-state index in [2.05, 4.69) is 6.58 Å². The van der Waals surface area contributed by atoms with Crippen LogP contribution in [0.25, 0.3) is 0 Å². The summed E-state index contributed by atoms with van der Waals surface area (Å²) in [6, 6.07) is 4.79. The summed E-state index contributed by atoms with van der Waals surface area (Å²) in [7, 11) is 0. The van der Waals surface area contributed by atoms with Crippen molar-refractivity contribution >= 4 is 5.69 Å². The molecule has 0 heterocycles. The minimum Gasteiger partial charge on any atom is -0.389 e. The molecule has 0 aromatic heterocycles. The summed E-state index contributed by atoms with van der Waals surface area (Å²) in [5, 5.41) is 9.69. The highest BCUT2D eigenvalue weighted by Gasteiger charge is 2.17. The molecule has 1 unspecified atom stereocenters. The lowest BCUT2D eigenvalue weighted by molar-refractivity contribution is 0.199. The predicted octanol–water partition coefficient (Wildman–Crippen LogP) is 3.28. The Labute approximate surface area is 102 Å². The van der Waals surface area contributed by atoms with E-state index in [1.165, 1.54) is 6.07 Å². The van der Waals surface area contributed by atoms with E-state index in [0.29, 0.717) is 24.3 Å². The van der Waals surface area contributed by atoms with Crippen molar-refractivity contribution in [2.45, 2.75) is 26.9 Å². The van der Waals surface area contributed by atoms with E-state index in [0.717, 1.165) is 5.57 Å². The van der Waals surface area contributed by atoms with Gasteiger partial charge < -0.3 is 10.0 Å². The number of likely N-dealkylation sites (N-methyl/N-ethyl adjacent to an activating group) is 1. The molecule has 1 aromatic carbocycles. The number of halogens is 1. The number of aliphatic hydroxyl groups is 1. The first-order chi connectivity index (χ1) is 7.97. The average Bonchev–Trinajstić information content (AvgIpc) is 2.25. The number of rotatable bonds is 5. The SMILES string of the molecule is C=C(C)CN(CC)c1c(F)cccc1C(C)O. The highest BCUT2D eigenvalue weighted by molar-refractivity contribution is 5.56. The molecule has 0 saturated heterocycles. The van der Waals surface area contributed by atoms with Gasteiger partial charge in [-0.25, -0.2) is 4.39 Å². The first kappa shape index (κ1) is 13.7. The van der Waals surface area contributed by atoms with E-state index in [1.807, 2.05) is 18.7 Å². The Morgan fingerprint density at radius 2 is 2.18 bits per heavy atom. The Bertz CT molecular complexity index is 401. The van der Waals surface area contributed by atoms with Crippen molar-refractivity contribution < 1.29 is 9.50 Å². The van der Waals surface area contributed by atoms with Gasteiger partial charge >= 0.3 is 0 Å². The van der Waals surface area contributed by atoms with E-state index in [1.54, 1.807) is 19.1 Å². The minimum atomic E-state index is -0.681. The summed E-state index contributed by atoms with van der Waals surface area (Å²) in [6.07, 6.45) is -0.681. The lowest BCUT2D eigenvalue weighted by atomic mass is 10.1. The standard InChI is InChI=1S/C14H20FNO/c1-5-16(9-10(2)3)14-12(11(4)17)7-6-8-13(14)15/h6-8,11,17H,2,5,9H2,1,3-4H3. The second-order valence-corrected chi connectivity index (χ2v) is 4.32. The van der Waals surface area contributed by atoms with Gasteiger partial charge in [0.25, 0.3) is 0 Å². The van der Waals surface area contributed by atoms with Gasteiger partial charge in [0.15, 0.2) is 0 Å². The fraction of sp³-hybridized carbons (Fsp3) is 0.429. The molecule has 1 aromatic rings. The molecule has 0 aliphatic carbocycles. The van der Waals surface area contributed by atoms with Crippen LogP contribution in [0.5, 0.6) is 0 Å². The van der Waals surface area contributed by atoms with E-state index < -0.39 is 6.10 Å². The Kier molecular flexibility index (Phi) is 4.70. The van der Waals surface area contributed by atoms with E-state index in [-0.39, 0.29) is 5.82 Å². The number of para-hydroxylation sites is 1. The molecule has 17 heavy (non-hydrogen) atoms. The molecule has 2 nitrogen and oxygen atoms in total.